The second kappa shape index (κ2) is 13.0. The number of anilines is 1. The molecule has 0 radical (unpaired) electrons. The standard InChI is InChI=1S/C51H34N2O2/c1-33-15-13-22-37(29-33)38-27-28-46-44(30-38)40-23-11-12-25-45(40)52(46)47-26-14-24-41-48(47)51(55)53(50(41)54)49-42(35-18-7-3-8-19-35)31-39(34-16-5-2-6-17-34)32-43(49)36-20-9-4-10-21-36/h2-32H,1H3. The number of rotatable bonds is 6. The molecule has 0 atom stereocenters. The molecule has 4 heteroatoms. The summed E-state index contributed by atoms with van der Waals surface area (Å²) in [7, 11) is 0. The van der Waals surface area contributed by atoms with Gasteiger partial charge in [0.1, 0.15) is 0 Å². The van der Waals surface area contributed by atoms with Gasteiger partial charge in [0.2, 0.25) is 0 Å². The highest BCUT2D eigenvalue weighted by Gasteiger charge is 2.41. The Hall–Kier alpha value is -7.30. The lowest BCUT2D eigenvalue weighted by Gasteiger charge is -2.24. The van der Waals surface area contributed by atoms with Crippen molar-refractivity contribution in [1.29, 1.82) is 0 Å². The summed E-state index contributed by atoms with van der Waals surface area (Å²) >= 11 is 0. The van der Waals surface area contributed by atoms with Gasteiger partial charge in [0.05, 0.1) is 33.5 Å². The van der Waals surface area contributed by atoms with Crippen molar-refractivity contribution in [1.82, 2.24) is 4.57 Å². The number of aromatic nitrogens is 1. The Morgan fingerprint density at radius 2 is 0.945 bits per heavy atom. The SMILES string of the molecule is Cc1cccc(-c2ccc3c(c2)c2ccccc2n3-c2cccc3c2C(=O)N(c2c(-c4ccccc4)cc(-c4ccccc4)cc2-c2ccccc2)C3=O)c1. The highest BCUT2D eigenvalue weighted by molar-refractivity contribution is 6.37. The number of hydrogen-bond acceptors (Lipinski definition) is 2. The van der Waals surface area contributed by atoms with Crippen LogP contribution in [0.25, 0.3) is 72.0 Å². The van der Waals surface area contributed by atoms with Crippen LogP contribution in [-0.2, 0) is 0 Å². The summed E-state index contributed by atoms with van der Waals surface area (Å²) in [5.41, 5.74) is 12.9. The van der Waals surface area contributed by atoms with E-state index in [4.69, 9.17) is 0 Å². The number of amides is 2. The van der Waals surface area contributed by atoms with E-state index in [0.29, 0.717) is 22.5 Å². The number of fused-ring (bicyclic) bond motifs is 4. The van der Waals surface area contributed by atoms with Gasteiger partial charge in [0, 0.05) is 21.9 Å². The number of benzene rings is 8. The van der Waals surface area contributed by atoms with E-state index < -0.39 is 0 Å². The smallest absolute Gasteiger partial charge is 0.268 e. The first-order valence-corrected chi connectivity index (χ1v) is 18.5. The second-order valence-corrected chi connectivity index (χ2v) is 14.1. The van der Waals surface area contributed by atoms with Gasteiger partial charge in [-0.25, -0.2) is 4.90 Å². The fourth-order valence-electron chi connectivity index (χ4n) is 8.24. The molecule has 10 rings (SSSR count). The van der Waals surface area contributed by atoms with Crippen molar-refractivity contribution in [3.05, 3.63) is 205 Å². The molecule has 0 spiro atoms. The van der Waals surface area contributed by atoms with Gasteiger partial charge in [-0.15, -0.1) is 0 Å². The van der Waals surface area contributed by atoms with Gasteiger partial charge >= 0.3 is 0 Å². The van der Waals surface area contributed by atoms with E-state index in [2.05, 4.69) is 90.4 Å². The average molecular weight is 707 g/mol. The van der Waals surface area contributed by atoms with Gasteiger partial charge in [0.25, 0.3) is 11.8 Å². The zero-order valence-corrected chi connectivity index (χ0v) is 30.1. The Kier molecular flexibility index (Phi) is 7.63. The molecule has 8 aromatic carbocycles. The fraction of sp³-hybridized carbons (Fsp3) is 0.0196. The van der Waals surface area contributed by atoms with Crippen LogP contribution in [0.5, 0.6) is 0 Å². The molecule has 9 aromatic rings. The van der Waals surface area contributed by atoms with Crippen molar-refractivity contribution < 1.29 is 9.59 Å². The van der Waals surface area contributed by atoms with Crippen LogP contribution in [0.3, 0.4) is 0 Å². The van der Waals surface area contributed by atoms with Crippen LogP contribution >= 0.6 is 0 Å². The molecule has 0 aliphatic carbocycles. The summed E-state index contributed by atoms with van der Waals surface area (Å²) in [4.78, 5) is 31.6. The number of para-hydroxylation sites is 1. The van der Waals surface area contributed by atoms with Crippen molar-refractivity contribution in [2.75, 3.05) is 4.90 Å². The first kappa shape index (κ1) is 32.4. The molecule has 0 saturated carbocycles. The summed E-state index contributed by atoms with van der Waals surface area (Å²) in [5, 5.41) is 2.16. The van der Waals surface area contributed by atoms with Crippen molar-refractivity contribution in [2.24, 2.45) is 0 Å². The van der Waals surface area contributed by atoms with Gasteiger partial charge < -0.3 is 4.57 Å². The third kappa shape index (κ3) is 5.30. The Morgan fingerprint density at radius 3 is 1.62 bits per heavy atom. The lowest BCUT2D eigenvalue weighted by molar-refractivity contribution is 0.0926. The largest absolute Gasteiger partial charge is 0.308 e. The van der Waals surface area contributed by atoms with Gasteiger partial charge in [-0.2, -0.15) is 0 Å². The monoisotopic (exact) mass is 706 g/mol. The minimum absolute atomic E-state index is 0.342. The molecule has 0 unspecified atom stereocenters. The Balaban J connectivity index is 1.20. The molecule has 0 fully saturated rings. The van der Waals surface area contributed by atoms with Crippen LogP contribution in [0.4, 0.5) is 5.69 Å². The minimum atomic E-state index is -0.347. The van der Waals surface area contributed by atoms with Gasteiger partial charge in [-0.3, -0.25) is 9.59 Å². The van der Waals surface area contributed by atoms with Crippen LogP contribution < -0.4 is 4.90 Å². The van der Waals surface area contributed by atoms with E-state index in [9.17, 15) is 4.79 Å². The van der Waals surface area contributed by atoms with Gasteiger partial charge in [-0.05, 0) is 82.8 Å². The Bertz CT molecular complexity index is 2900. The molecule has 0 bridgehead atoms. The molecule has 4 nitrogen and oxygen atoms in total. The molecular formula is C51H34N2O2. The topological polar surface area (TPSA) is 42.3 Å². The number of hydrogen-bond donors (Lipinski definition) is 0. The molecule has 55 heavy (non-hydrogen) atoms. The van der Waals surface area contributed by atoms with Crippen molar-refractivity contribution in [3.63, 3.8) is 0 Å². The van der Waals surface area contributed by atoms with Crippen LogP contribution in [-0.4, -0.2) is 16.4 Å². The molecular weight excluding hydrogens is 673 g/mol. The summed E-state index contributed by atoms with van der Waals surface area (Å²) in [6.45, 7) is 2.11. The highest BCUT2D eigenvalue weighted by Crippen LogP contribution is 2.47. The number of carbonyl (C=O) groups excluding carboxylic acids is 2. The molecule has 0 saturated heterocycles. The number of nitrogens with zero attached hydrogens (tertiary/aromatic N) is 2. The fourth-order valence-corrected chi connectivity index (χ4v) is 8.24. The molecule has 260 valence electrons. The lowest BCUT2D eigenvalue weighted by atomic mass is 9.90. The van der Waals surface area contributed by atoms with Crippen LogP contribution in [0, 0.1) is 6.92 Å². The number of imide groups is 1. The summed E-state index contributed by atoms with van der Waals surface area (Å²) < 4.78 is 2.15. The van der Waals surface area contributed by atoms with Gasteiger partial charge in [-0.1, -0.05) is 151 Å². The maximum Gasteiger partial charge on any atom is 0.268 e. The van der Waals surface area contributed by atoms with Crippen LogP contribution in [0.1, 0.15) is 26.3 Å². The zero-order chi connectivity index (χ0) is 37.0. The summed E-state index contributed by atoms with van der Waals surface area (Å²) in [5.74, 6) is -0.689. The minimum Gasteiger partial charge on any atom is -0.308 e. The Labute approximate surface area is 319 Å². The summed E-state index contributed by atoms with van der Waals surface area (Å²) in [6, 6.07) is 63.5. The normalized spacial score (nSPS) is 12.5. The third-order valence-electron chi connectivity index (χ3n) is 10.8. The van der Waals surface area contributed by atoms with E-state index in [1.165, 1.54) is 10.5 Å². The summed E-state index contributed by atoms with van der Waals surface area (Å²) in [6.07, 6.45) is 0. The quantitative estimate of drug-likeness (QED) is 0.162. The van der Waals surface area contributed by atoms with Crippen LogP contribution in [0.15, 0.2) is 188 Å². The molecule has 1 aromatic heterocycles. The average Bonchev–Trinajstić information content (AvgIpc) is 3.71. The third-order valence-corrected chi connectivity index (χ3v) is 10.8. The van der Waals surface area contributed by atoms with E-state index in [0.717, 1.165) is 66.3 Å². The zero-order valence-electron chi connectivity index (χ0n) is 30.1. The molecule has 2 amide bonds. The van der Waals surface area contributed by atoms with Crippen molar-refractivity contribution in [2.45, 2.75) is 6.92 Å². The molecule has 1 aliphatic heterocycles. The number of carbonyl (C=O) groups is 2. The first-order chi connectivity index (χ1) is 27.0. The molecule has 1 aliphatic rings. The Morgan fingerprint density at radius 1 is 0.382 bits per heavy atom. The second-order valence-electron chi connectivity index (χ2n) is 14.1. The van der Waals surface area contributed by atoms with Crippen molar-refractivity contribution >= 4 is 39.3 Å². The predicted molar refractivity (Wildman–Crippen MR) is 225 cm³/mol. The predicted octanol–water partition coefficient (Wildman–Crippen LogP) is 12.6. The van der Waals surface area contributed by atoms with Crippen molar-refractivity contribution in [3.8, 4) is 50.2 Å². The van der Waals surface area contributed by atoms with Crippen LogP contribution in [0.2, 0.25) is 0 Å². The highest BCUT2D eigenvalue weighted by atomic mass is 16.2. The number of aryl methyl sites for hydroxylation is 1. The van der Waals surface area contributed by atoms with E-state index >= 15 is 4.79 Å². The lowest BCUT2D eigenvalue weighted by Crippen LogP contribution is -2.30. The molecule has 2 heterocycles. The van der Waals surface area contributed by atoms with E-state index in [1.807, 2.05) is 103 Å². The van der Waals surface area contributed by atoms with E-state index in [1.54, 1.807) is 6.07 Å². The van der Waals surface area contributed by atoms with Gasteiger partial charge in [0.15, 0.2) is 0 Å². The first-order valence-electron chi connectivity index (χ1n) is 18.5. The molecule has 0 N–H and O–H groups in total. The van der Waals surface area contributed by atoms with E-state index in [-0.39, 0.29) is 11.8 Å². The maximum absolute atomic E-state index is 15.3. The maximum atomic E-state index is 15.3.